The van der Waals surface area contributed by atoms with Crippen molar-refractivity contribution in [2.75, 3.05) is 11.9 Å². The summed E-state index contributed by atoms with van der Waals surface area (Å²) in [6, 6.07) is 24.2. The second-order valence-corrected chi connectivity index (χ2v) is 10.6. The molecule has 3 aromatic carbocycles. The fourth-order valence-corrected chi connectivity index (χ4v) is 4.27. The number of amides is 1. The lowest BCUT2D eigenvalue weighted by Crippen LogP contribution is -2.34. The Morgan fingerprint density at radius 2 is 1.66 bits per heavy atom. The van der Waals surface area contributed by atoms with Crippen LogP contribution in [-0.2, 0) is 11.3 Å². The minimum absolute atomic E-state index is 0.377. The number of carbonyl (C=O) groups excluding carboxylic acids is 1. The van der Waals surface area contributed by atoms with Crippen LogP contribution >= 0.6 is 11.6 Å². The minimum Gasteiger partial charge on any atom is -0.457 e. The summed E-state index contributed by atoms with van der Waals surface area (Å²) in [5.41, 5.74) is 1.73. The topological polar surface area (TPSA) is 99.5 Å². The minimum atomic E-state index is -0.558. The Balaban J connectivity index is 1.26. The van der Waals surface area contributed by atoms with Crippen LogP contribution < -0.4 is 20.1 Å². The highest BCUT2D eigenvalue weighted by atomic mass is 35.5. The Hall–Kier alpha value is -4.76. The fraction of sp³-hybridized carbons (Fsp3) is 0.194. The van der Waals surface area contributed by atoms with E-state index in [1.165, 1.54) is 6.33 Å². The Morgan fingerprint density at radius 3 is 2.41 bits per heavy atom. The molecule has 2 aromatic heterocycles. The maximum Gasteiger partial charge on any atom is 0.407 e. The monoisotopic (exact) mass is 571 g/mol. The molecule has 9 nitrogen and oxygen atoms in total. The van der Waals surface area contributed by atoms with Crippen molar-refractivity contribution in [3.63, 3.8) is 0 Å². The van der Waals surface area contributed by atoms with E-state index in [1.807, 2.05) is 92.2 Å². The van der Waals surface area contributed by atoms with Gasteiger partial charge in [0.25, 0.3) is 0 Å². The number of benzene rings is 3. The summed E-state index contributed by atoms with van der Waals surface area (Å²) in [6.07, 6.45) is 2.94. The Labute approximate surface area is 243 Å². The molecule has 0 bridgehead atoms. The van der Waals surface area contributed by atoms with Crippen LogP contribution in [0.5, 0.6) is 23.0 Å². The third kappa shape index (κ3) is 7.46. The molecule has 0 fully saturated rings. The SMILES string of the molecule is CC(C)(C)OC(=O)NCCn1ccc2ncnc(Nc3ccc(Oc4cccc(Oc5ccccc5)c4)c(Cl)c3)c21. The van der Waals surface area contributed by atoms with Crippen molar-refractivity contribution in [1.29, 1.82) is 0 Å². The van der Waals surface area contributed by atoms with E-state index in [2.05, 4.69) is 20.6 Å². The summed E-state index contributed by atoms with van der Waals surface area (Å²) < 4.78 is 19.2. The molecule has 0 unspecified atom stereocenters. The Morgan fingerprint density at radius 1 is 0.902 bits per heavy atom. The van der Waals surface area contributed by atoms with Crippen LogP contribution in [0.15, 0.2) is 91.4 Å². The number of nitrogens with zero attached hydrogens (tertiary/aromatic N) is 3. The number of rotatable bonds is 9. The number of para-hydroxylation sites is 1. The third-order valence-electron chi connectivity index (χ3n) is 5.78. The number of hydrogen-bond donors (Lipinski definition) is 2. The van der Waals surface area contributed by atoms with Gasteiger partial charge in [0.2, 0.25) is 0 Å². The summed E-state index contributed by atoms with van der Waals surface area (Å²) in [5, 5.41) is 6.53. The van der Waals surface area contributed by atoms with Gasteiger partial charge in [0, 0.05) is 31.0 Å². The molecule has 0 saturated carbocycles. The number of hydrogen-bond acceptors (Lipinski definition) is 7. The first kappa shape index (κ1) is 27.8. The van der Waals surface area contributed by atoms with Gasteiger partial charge in [-0.1, -0.05) is 35.9 Å². The van der Waals surface area contributed by atoms with Gasteiger partial charge < -0.3 is 29.4 Å². The Kier molecular flexibility index (Phi) is 8.26. The van der Waals surface area contributed by atoms with Crippen molar-refractivity contribution >= 4 is 40.2 Å². The standard InChI is InChI=1S/C31H30ClN5O4/c1-31(2,3)41-30(38)33-15-17-37-16-14-26-28(37)29(35-20-34-26)36-21-12-13-27(25(32)18-21)40-24-11-7-10-23(19-24)39-22-8-5-4-6-9-22/h4-14,16,18-20H,15,17H2,1-3H3,(H,33,38)(H,34,35,36). The van der Waals surface area contributed by atoms with E-state index in [-0.39, 0.29) is 0 Å². The summed E-state index contributed by atoms with van der Waals surface area (Å²) in [6.45, 7) is 6.36. The summed E-state index contributed by atoms with van der Waals surface area (Å²) in [5.74, 6) is 3.09. The summed E-state index contributed by atoms with van der Waals surface area (Å²) >= 11 is 6.60. The third-order valence-corrected chi connectivity index (χ3v) is 6.07. The number of fused-ring (bicyclic) bond motifs is 1. The number of carbonyl (C=O) groups is 1. The molecule has 1 amide bonds. The molecule has 2 N–H and O–H groups in total. The highest BCUT2D eigenvalue weighted by Gasteiger charge is 2.16. The van der Waals surface area contributed by atoms with Gasteiger partial charge in [0.1, 0.15) is 40.4 Å². The number of alkyl carbamates (subject to hydrolysis) is 1. The molecule has 210 valence electrons. The maximum absolute atomic E-state index is 12.0. The van der Waals surface area contributed by atoms with Crippen molar-refractivity contribution in [1.82, 2.24) is 19.9 Å². The number of anilines is 2. The number of ether oxygens (including phenoxy) is 3. The first-order valence-corrected chi connectivity index (χ1v) is 13.5. The van der Waals surface area contributed by atoms with Crippen LogP contribution in [-0.4, -0.2) is 32.8 Å². The summed E-state index contributed by atoms with van der Waals surface area (Å²) in [4.78, 5) is 20.8. The maximum atomic E-state index is 12.0. The molecule has 0 atom stereocenters. The van der Waals surface area contributed by atoms with E-state index in [0.29, 0.717) is 41.2 Å². The molecule has 10 heteroatoms. The molecule has 5 rings (SSSR count). The molecule has 2 heterocycles. The molecule has 0 aliphatic carbocycles. The molecule has 5 aromatic rings. The van der Waals surface area contributed by atoms with Gasteiger partial charge in [0.05, 0.1) is 10.5 Å². The second kappa shape index (κ2) is 12.2. The lowest BCUT2D eigenvalue weighted by molar-refractivity contribution is 0.0526. The number of aromatic nitrogens is 3. The average molecular weight is 572 g/mol. The Bertz CT molecular complexity index is 1650. The first-order chi connectivity index (χ1) is 19.7. The smallest absolute Gasteiger partial charge is 0.407 e. The first-order valence-electron chi connectivity index (χ1n) is 13.1. The predicted molar refractivity (Wildman–Crippen MR) is 160 cm³/mol. The van der Waals surface area contributed by atoms with Crippen molar-refractivity contribution < 1.29 is 19.0 Å². The number of halogens is 1. The van der Waals surface area contributed by atoms with Crippen molar-refractivity contribution in [2.24, 2.45) is 0 Å². The lowest BCUT2D eigenvalue weighted by Gasteiger charge is -2.19. The zero-order valence-corrected chi connectivity index (χ0v) is 23.7. The predicted octanol–water partition coefficient (Wildman–Crippen LogP) is 7.94. The van der Waals surface area contributed by atoms with Gasteiger partial charge in [-0.2, -0.15) is 0 Å². The average Bonchev–Trinajstić information content (AvgIpc) is 3.34. The lowest BCUT2D eigenvalue weighted by atomic mass is 10.2. The van der Waals surface area contributed by atoms with E-state index in [1.54, 1.807) is 18.2 Å². The van der Waals surface area contributed by atoms with Crippen molar-refractivity contribution in [3.8, 4) is 23.0 Å². The second-order valence-electron chi connectivity index (χ2n) is 10.2. The molecule has 0 spiro atoms. The molecule has 0 radical (unpaired) electrons. The van der Waals surface area contributed by atoms with Crippen LogP contribution in [0.4, 0.5) is 16.3 Å². The molecular formula is C31H30ClN5O4. The number of nitrogens with one attached hydrogen (secondary N) is 2. The van der Waals surface area contributed by atoms with Crippen molar-refractivity contribution in [2.45, 2.75) is 32.9 Å². The quantitative estimate of drug-likeness (QED) is 0.185. The molecule has 0 aliphatic heterocycles. The highest BCUT2D eigenvalue weighted by molar-refractivity contribution is 6.32. The van der Waals surface area contributed by atoms with Gasteiger partial charge in [-0.25, -0.2) is 14.8 Å². The van der Waals surface area contributed by atoms with E-state index in [9.17, 15) is 4.79 Å². The van der Waals surface area contributed by atoms with Gasteiger partial charge in [-0.15, -0.1) is 0 Å². The van der Waals surface area contributed by atoms with Crippen LogP contribution in [0, 0.1) is 0 Å². The van der Waals surface area contributed by atoms with Crippen molar-refractivity contribution in [3.05, 3.63) is 96.4 Å². The van der Waals surface area contributed by atoms with Crippen LogP contribution in [0.2, 0.25) is 5.02 Å². The zero-order chi connectivity index (χ0) is 28.8. The fourth-order valence-electron chi connectivity index (χ4n) is 4.05. The van der Waals surface area contributed by atoms with Gasteiger partial charge in [-0.3, -0.25) is 0 Å². The van der Waals surface area contributed by atoms with E-state index >= 15 is 0 Å². The van der Waals surface area contributed by atoms with Gasteiger partial charge in [-0.05, 0) is 69.3 Å². The highest BCUT2D eigenvalue weighted by Crippen LogP contribution is 2.35. The van der Waals surface area contributed by atoms with Gasteiger partial charge >= 0.3 is 6.09 Å². The largest absolute Gasteiger partial charge is 0.457 e. The van der Waals surface area contributed by atoms with Gasteiger partial charge in [0.15, 0.2) is 5.82 Å². The van der Waals surface area contributed by atoms with E-state index in [0.717, 1.165) is 22.5 Å². The zero-order valence-electron chi connectivity index (χ0n) is 22.9. The normalized spacial score (nSPS) is 11.2. The van der Waals surface area contributed by atoms with E-state index in [4.69, 9.17) is 25.8 Å². The molecular weight excluding hydrogens is 542 g/mol. The van der Waals surface area contributed by atoms with E-state index < -0.39 is 11.7 Å². The molecule has 0 saturated heterocycles. The van der Waals surface area contributed by atoms with Crippen LogP contribution in [0.3, 0.4) is 0 Å². The van der Waals surface area contributed by atoms with Crippen LogP contribution in [0.1, 0.15) is 20.8 Å². The summed E-state index contributed by atoms with van der Waals surface area (Å²) in [7, 11) is 0. The molecule has 41 heavy (non-hydrogen) atoms. The molecule has 0 aliphatic rings. The van der Waals surface area contributed by atoms with Crippen LogP contribution in [0.25, 0.3) is 11.0 Å².